The Kier molecular flexibility index (Phi) is 5.33. The van der Waals surface area contributed by atoms with Crippen molar-refractivity contribution in [3.63, 3.8) is 0 Å². The van der Waals surface area contributed by atoms with E-state index in [9.17, 15) is 9.18 Å². The first-order valence-corrected chi connectivity index (χ1v) is 7.26. The summed E-state index contributed by atoms with van der Waals surface area (Å²) in [6.07, 6.45) is 1.62. The average Bonchev–Trinajstić information content (AvgIpc) is 3.00. The Bertz CT molecular complexity index is 596. The molecule has 0 aliphatic carbocycles. The maximum atomic E-state index is 12.9. The maximum Gasteiger partial charge on any atom is 0.234 e. The van der Waals surface area contributed by atoms with Gasteiger partial charge in [-0.05, 0) is 50.7 Å². The van der Waals surface area contributed by atoms with E-state index in [1.165, 1.54) is 12.1 Å². The van der Waals surface area contributed by atoms with E-state index in [4.69, 9.17) is 4.42 Å². The number of hydrogen-bond acceptors (Lipinski definition) is 3. The standard InChI is InChI=1S/C17H21FN2O2/c1-12(14-6-8-15(18)9-7-14)19-17(21)11-20(3)13(2)16-5-4-10-22-16/h4-10,12-13H,11H2,1-3H3,(H,19,21). The number of hydrogen-bond donors (Lipinski definition) is 1. The maximum absolute atomic E-state index is 12.9. The van der Waals surface area contributed by atoms with Gasteiger partial charge in [-0.15, -0.1) is 0 Å². The fourth-order valence-corrected chi connectivity index (χ4v) is 2.23. The fraction of sp³-hybridized carbons (Fsp3) is 0.353. The molecule has 118 valence electrons. The van der Waals surface area contributed by atoms with Gasteiger partial charge in [-0.3, -0.25) is 9.69 Å². The lowest BCUT2D eigenvalue weighted by Gasteiger charge is -2.23. The lowest BCUT2D eigenvalue weighted by Crippen LogP contribution is -2.37. The minimum atomic E-state index is -0.283. The third-order valence-electron chi connectivity index (χ3n) is 3.76. The summed E-state index contributed by atoms with van der Waals surface area (Å²) in [6.45, 7) is 4.12. The van der Waals surface area contributed by atoms with Crippen molar-refractivity contribution >= 4 is 5.91 Å². The molecule has 0 aliphatic rings. The lowest BCUT2D eigenvalue weighted by molar-refractivity contribution is -0.123. The van der Waals surface area contributed by atoms with Crippen molar-refractivity contribution < 1.29 is 13.6 Å². The second-order valence-corrected chi connectivity index (χ2v) is 5.45. The van der Waals surface area contributed by atoms with Crippen LogP contribution in [0.15, 0.2) is 47.1 Å². The van der Waals surface area contributed by atoms with Gasteiger partial charge in [0.25, 0.3) is 0 Å². The predicted octanol–water partition coefficient (Wildman–Crippen LogP) is 3.29. The summed E-state index contributed by atoms with van der Waals surface area (Å²) in [5.41, 5.74) is 0.872. The molecule has 2 unspecified atom stereocenters. The van der Waals surface area contributed by atoms with Crippen LogP contribution in [0.5, 0.6) is 0 Å². The van der Waals surface area contributed by atoms with Crippen LogP contribution in [0.2, 0.25) is 0 Å². The van der Waals surface area contributed by atoms with Crippen LogP contribution in [0.25, 0.3) is 0 Å². The molecule has 0 aliphatic heterocycles. The van der Waals surface area contributed by atoms with E-state index in [0.717, 1.165) is 11.3 Å². The zero-order valence-corrected chi connectivity index (χ0v) is 13.0. The van der Waals surface area contributed by atoms with Crippen molar-refractivity contribution in [1.29, 1.82) is 0 Å². The molecule has 22 heavy (non-hydrogen) atoms. The molecule has 2 aromatic rings. The number of halogens is 1. The molecule has 2 rings (SSSR count). The Morgan fingerprint density at radius 1 is 1.27 bits per heavy atom. The predicted molar refractivity (Wildman–Crippen MR) is 82.7 cm³/mol. The second-order valence-electron chi connectivity index (χ2n) is 5.45. The summed E-state index contributed by atoms with van der Waals surface area (Å²) < 4.78 is 18.3. The van der Waals surface area contributed by atoms with E-state index in [2.05, 4.69) is 5.32 Å². The highest BCUT2D eigenvalue weighted by Crippen LogP contribution is 2.18. The van der Waals surface area contributed by atoms with Crippen molar-refractivity contribution in [2.24, 2.45) is 0 Å². The Labute approximate surface area is 129 Å². The van der Waals surface area contributed by atoms with Crippen molar-refractivity contribution in [3.05, 3.63) is 59.8 Å². The van der Waals surface area contributed by atoms with Gasteiger partial charge < -0.3 is 9.73 Å². The quantitative estimate of drug-likeness (QED) is 0.890. The first kappa shape index (κ1) is 16.2. The molecule has 0 spiro atoms. The Hall–Kier alpha value is -2.14. The van der Waals surface area contributed by atoms with Crippen LogP contribution in [0.4, 0.5) is 4.39 Å². The summed E-state index contributed by atoms with van der Waals surface area (Å²) in [5, 5.41) is 2.91. The van der Waals surface area contributed by atoms with E-state index >= 15 is 0 Å². The molecule has 0 saturated heterocycles. The highest BCUT2D eigenvalue weighted by Gasteiger charge is 2.18. The minimum Gasteiger partial charge on any atom is -0.468 e. The van der Waals surface area contributed by atoms with Crippen LogP contribution in [0.1, 0.15) is 37.3 Å². The lowest BCUT2D eigenvalue weighted by atomic mass is 10.1. The number of likely N-dealkylation sites (N-methyl/N-ethyl adjacent to an activating group) is 1. The van der Waals surface area contributed by atoms with Gasteiger partial charge in [-0.25, -0.2) is 4.39 Å². The van der Waals surface area contributed by atoms with E-state index in [1.54, 1.807) is 18.4 Å². The van der Waals surface area contributed by atoms with Crippen LogP contribution < -0.4 is 5.32 Å². The minimum absolute atomic E-state index is 0.0156. The Morgan fingerprint density at radius 3 is 2.55 bits per heavy atom. The topological polar surface area (TPSA) is 45.5 Å². The zero-order chi connectivity index (χ0) is 16.1. The Morgan fingerprint density at radius 2 is 1.95 bits per heavy atom. The first-order valence-electron chi connectivity index (χ1n) is 7.26. The zero-order valence-electron chi connectivity index (χ0n) is 13.0. The van der Waals surface area contributed by atoms with Crippen molar-refractivity contribution in [3.8, 4) is 0 Å². The second kappa shape index (κ2) is 7.22. The molecule has 1 N–H and O–H groups in total. The van der Waals surface area contributed by atoms with Gasteiger partial charge in [0.15, 0.2) is 0 Å². The summed E-state index contributed by atoms with van der Waals surface area (Å²) >= 11 is 0. The number of rotatable bonds is 6. The van der Waals surface area contributed by atoms with Gasteiger partial charge in [0.1, 0.15) is 11.6 Å². The molecule has 4 nitrogen and oxygen atoms in total. The number of carbonyl (C=O) groups excluding carboxylic acids is 1. The molecular weight excluding hydrogens is 283 g/mol. The van der Waals surface area contributed by atoms with Crippen LogP contribution in [0.3, 0.4) is 0 Å². The van der Waals surface area contributed by atoms with E-state index in [1.807, 2.05) is 37.9 Å². The highest BCUT2D eigenvalue weighted by molar-refractivity contribution is 5.78. The molecule has 5 heteroatoms. The third-order valence-corrected chi connectivity index (χ3v) is 3.76. The van der Waals surface area contributed by atoms with E-state index < -0.39 is 0 Å². The number of benzene rings is 1. The van der Waals surface area contributed by atoms with Crippen molar-refractivity contribution in [2.45, 2.75) is 25.9 Å². The summed E-state index contributed by atoms with van der Waals surface area (Å²) in [4.78, 5) is 14.0. The van der Waals surface area contributed by atoms with E-state index in [0.29, 0.717) is 0 Å². The van der Waals surface area contributed by atoms with Crippen LogP contribution in [-0.2, 0) is 4.79 Å². The van der Waals surface area contributed by atoms with Gasteiger partial charge in [-0.1, -0.05) is 12.1 Å². The highest BCUT2D eigenvalue weighted by atomic mass is 19.1. The molecule has 1 amide bonds. The third kappa shape index (κ3) is 4.18. The van der Waals surface area contributed by atoms with Crippen LogP contribution >= 0.6 is 0 Å². The average molecular weight is 304 g/mol. The molecule has 0 fully saturated rings. The summed E-state index contributed by atoms with van der Waals surface area (Å²) in [7, 11) is 1.87. The number of carbonyl (C=O) groups is 1. The fourth-order valence-electron chi connectivity index (χ4n) is 2.23. The largest absolute Gasteiger partial charge is 0.468 e. The van der Waals surface area contributed by atoms with E-state index in [-0.39, 0.29) is 30.4 Å². The van der Waals surface area contributed by atoms with Crippen molar-refractivity contribution in [2.75, 3.05) is 13.6 Å². The van der Waals surface area contributed by atoms with Gasteiger partial charge >= 0.3 is 0 Å². The number of furan rings is 1. The first-order chi connectivity index (χ1) is 10.5. The Balaban J connectivity index is 1.88. The monoisotopic (exact) mass is 304 g/mol. The molecule has 0 saturated carbocycles. The summed E-state index contributed by atoms with van der Waals surface area (Å²) in [5.74, 6) is 0.453. The number of amides is 1. The number of nitrogens with zero attached hydrogens (tertiary/aromatic N) is 1. The normalized spacial score (nSPS) is 13.9. The van der Waals surface area contributed by atoms with Gasteiger partial charge in [0.05, 0.1) is 24.9 Å². The van der Waals surface area contributed by atoms with Gasteiger partial charge in [0.2, 0.25) is 5.91 Å². The molecule has 0 radical (unpaired) electrons. The molecule has 0 bridgehead atoms. The molecule has 1 heterocycles. The van der Waals surface area contributed by atoms with Crippen molar-refractivity contribution in [1.82, 2.24) is 10.2 Å². The molecule has 1 aromatic heterocycles. The van der Waals surface area contributed by atoms with Crippen LogP contribution in [0, 0.1) is 5.82 Å². The number of nitrogens with one attached hydrogen (secondary N) is 1. The summed E-state index contributed by atoms with van der Waals surface area (Å²) in [6, 6.07) is 9.70. The molecule has 2 atom stereocenters. The van der Waals surface area contributed by atoms with Gasteiger partial charge in [-0.2, -0.15) is 0 Å². The SMILES string of the molecule is CC(NC(=O)CN(C)C(C)c1ccco1)c1ccc(F)cc1. The van der Waals surface area contributed by atoms with Gasteiger partial charge in [0, 0.05) is 0 Å². The molecule has 1 aromatic carbocycles. The molecular formula is C17H21FN2O2. The smallest absolute Gasteiger partial charge is 0.234 e. The van der Waals surface area contributed by atoms with Crippen LogP contribution in [-0.4, -0.2) is 24.4 Å².